The Labute approximate surface area is 198 Å². The molecule has 4 rings (SSSR count). The summed E-state index contributed by atoms with van der Waals surface area (Å²) < 4.78 is 36.1. The van der Waals surface area contributed by atoms with Crippen molar-refractivity contribution in [3.8, 4) is 0 Å². The van der Waals surface area contributed by atoms with Crippen LogP contribution in [-0.4, -0.2) is 61.4 Å². The topological polar surface area (TPSA) is 132 Å². The fourth-order valence-electron chi connectivity index (χ4n) is 4.14. The summed E-state index contributed by atoms with van der Waals surface area (Å²) in [5, 5.41) is 7.55. The minimum Gasteiger partial charge on any atom is -0.382 e. The lowest BCUT2D eigenvalue weighted by molar-refractivity contribution is 0.0469. The highest BCUT2D eigenvalue weighted by Crippen LogP contribution is 2.25. The van der Waals surface area contributed by atoms with E-state index in [-0.39, 0.29) is 36.1 Å². The minimum atomic E-state index is -3.67. The molecule has 0 amide bonds. The number of nitrogens with one attached hydrogen (secondary N) is 2. The molecule has 12 heteroatoms. The number of nitrogens with zero attached hydrogens (tertiary/aromatic N) is 3. The Morgan fingerprint density at radius 1 is 1.18 bits per heavy atom. The van der Waals surface area contributed by atoms with Gasteiger partial charge in [0.05, 0.1) is 24.5 Å². The van der Waals surface area contributed by atoms with Crippen LogP contribution in [0.15, 0.2) is 41.3 Å². The highest BCUT2D eigenvalue weighted by Gasteiger charge is 2.30. The third-order valence-corrected chi connectivity index (χ3v) is 8.06. The van der Waals surface area contributed by atoms with Crippen molar-refractivity contribution in [2.75, 3.05) is 42.9 Å². The van der Waals surface area contributed by atoms with Crippen LogP contribution in [0.1, 0.15) is 25.3 Å². The Bertz CT molecular complexity index is 1110. The number of para-hydroxylation sites is 1. The van der Waals surface area contributed by atoms with Gasteiger partial charge in [0.25, 0.3) is 5.56 Å². The molecule has 1 aromatic heterocycles. The summed E-state index contributed by atoms with van der Waals surface area (Å²) in [5.74, 6) is 0.132. The summed E-state index contributed by atoms with van der Waals surface area (Å²) in [5.41, 5.74) is 6.71. The molecule has 2 aromatic rings. The van der Waals surface area contributed by atoms with Crippen molar-refractivity contribution < 1.29 is 13.2 Å². The van der Waals surface area contributed by atoms with Gasteiger partial charge in [0.2, 0.25) is 0 Å². The van der Waals surface area contributed by atoms with E-state index in [1.54, 1.807) is 30.5 Å². The van der Waals surface area contributed by atoms with Gasteiger partial charge in [-0.05, 0) is 31.4 Å². The van der Waals surface area contributed by atoms with Gasteiger partial charge >= 0.3 is 10.2 Å². The predicted octanol–water partition coefficient (Wildman–Crippen LogP) is 1.67. The minimum absolute atomic E-state index is 0.0381. The molecule has 1 aromatic carbocycles. The second-order valence-electron chi connectivity index (χ2n) is 8.39. The van der Waals surface area contributed by atoms with E-state index in [0.29, 0.717) is 44.0 Å². The molecule has 0 aliphatic carbocycles. The molecule has 2 fully saturated rings. The number of benzene rings is 1. The number of nitrogens with two attached hydrogens (primary N) is 1. The molecule has 0 spiro atoms. The first-order valence-corrected chi connectivity index (χ1v) is 12.8. The van der Waals surface area contributed by atoms with E-state index in [4.69, 9.17) is 22.1 Å². The molecule has 2 aliphatic rings. The van der Waals surface area contributed by atoms with Gasteiger partial charge in [-0.1, -0.05) is 29.8 Å². The number of ether oxygens (including phenoxy) is 1. The van der Waals surface area contributed by atoms with Gasteiger partial charge < -0.3 is 15.8 Å². The zero-order valence-electron chi connectivity index (χ0n) is 18.2. The number of halogens is 1. The van der Waals surface area contributed by atoms with Gasteiger partial charge in [-0.15, -0.1) is 0 Å². The molecular weight excluding hydrogens is 468 g/mol. The summed E-state index contributed by atoms with van der Waals surface area (Å²) in [6.45, 7) is 2.32. The van der Waals surface area contributed by atoms with E-state index in [2.05, 4.69) is 15.1 Å². The number of aromatic nitrogens is 2. The maximum absolute atomic E-state index is 12.9. The molecule has 0 bridgehead atoms. The van der Waals surface area contributed by atoms with E-state index in [1.165, 1.54) is 8.99 Å². The fourth-order valence-corrected chi connectivity index (χ4v) is 5.60. The summed E-state index contributed by atoms with van der Waals surface area (Å²) in [4.78, 5) is 12.9. The molecular formula is C21H29ClN6O4S. The van der Waals surface area contributed by atoms with Crippen LogP contribution in [0.2, 0.25) is 5.02 Å². The zero-order valence-corrected chi connectivity index (χ0v) is 19.8. The quantitative estimate of drug-likeness (QED) is 0.531. The first-order valence-electron chi connectivity index (χ1n) is 11.0. The molecule has 4 N–H and O–H groups in total. The van der Waals surface area contributed by atoms with Crippen molar-refractivity contribution in [1.29, 1.82) is 0 Å². The smallest absolute Gasteiger partial charge is 0.301 e. The van der Waals surface area contributed by atoms with Crippen LogP contribution in [0.25, 0.3) is 0 Å². The van der Waals surface area contributed by atoms with E-state index in [9.17, 15) is 13.2 Å². The van der Waals surface area contributed by atoms with Crippen LogP contribution in [0.3, 0.4) is 0 Å². The Kier molecular flexibility index (Phi) is 7.55. The van der Waals surface area contributed by atoms with Crippen molar-refractivity contribution in [2.24, 2.45) is 11.7 Å². The molecule has 0 radical (unpaired) electrons. The van der Waals surface area contributed by atoms with E-state index < -0.39 is 15.8 Å². The van der Waals surface area contributed by atoms with E-state index in [1.807, 2.05) is 6.07 Å². The summed E-state index contributed by atoms with van der Waals surface area (Å²) in [6.07, 6.45) is 3.26. The van der Waals surface area contributed by atoms with Gasteiger partial charge in [0.1, 0.15) is 5.02 Å². The van der Waals surface area contributed by atoms with Crippen molar-refractivity contribution in [3.05, 3.63) is 51.9 Å². The van der Waals surface area contributed by atoms with Crippen molar-refractivity contribution in [3.63, 3.8) is 0 Å². The number of rotatable bonds is 7. The highest BCUT2D eigenvalue weighted by atomic mass is 35.5. The molecule has 180 valence electrons. The Morgan fingerprint density at radius 2 is 1.91 bits per heavy atom. The maximum atomic E-state index is 12.9. The van der Waals surface area contributed by atoms with Crippen molar-refractivity contribution in [2.45, 2.75) is 31.3 Å². The van der Waals surface area contributed by atoms with Crippen LogP contribution in [0.4, 0.5) is 11.4 Å². The summed E-state index contributed by atoms with van der Waals surface area (Å²) >= 11 is 6.35. The van der Waals surface area contributed by atoms with Gasteiger partial charge in [0, 0.05) is 43.9 Å². The average Bonchev–Trinajstić information content (AvgIpc) is 2.81. The van der Waals surface area contributed by atoms with E-state index >= 15 is 0 Å². The SMILES string of the molecule is N[C@H]1CCOC[C@H]1CNc1cnn(C2CCN(S(=O)(=O)Nc3ccccc3)CC2)c(=O)c1Cl. The number of piperidine rings is 1. The second kappa shape index (κ2) is 10.4. The van der Waals surface area contributed by atoms with Gasteiger partial charge in [-0.2, -0.15) is 17.8 Å². The van der Waals surface area contributed by atoms with Crippen molar-refractivity contribution in [1.82, 2.24) is 14.1 Å². The standard InChI is InChI=1S/C21H29ClN6O4S/c22-20-19(24-12-15-14-32-11-8-18(15)23)13-25-28(21(20)29)17-6-9-27(10-7-17)33(30,31)26-16-4-2-1-3-5-16/h1-5,13,15,17-18,24,26H,6-12,14,23H2/t15-,18+/m1/s1. The largest absolute Gasteiger partial charge is 0.382 e. The molecule has 2 saturated heterocycles. The number of hydrogen-bond donors (Lipinski definition) is 3. The molecule has 2 atom stereocenters. The molecule has 10 nitrogen and oxygen atoms in total. The first kappa shape index (κ1) is 24.0. The first-order chi connectivity index (χ1) is 15.8. The van der Waals surface area contributed by atoms with Crippen LogP contribution < -0.4 is 21.3 Å². The second-order valence-corrected chi connectivity index (χ2v) is 10.4. The van der Waals surface area contributed by atoms with Crippen LogP contribution in [-0.2, 0) is 14.9 Å². The molecule has 0 saturated carbocycles. The Hall–Kier alpha value is -2.18. The normalized spacial score (nSPS) is 22.7. The number of anilines is 2. The molecule has 0 unspecified atom stereocenters. The lowest BCUT2D eigenvalue weighted by atomic mass is 9.97. The number of hydrogen-bond acceptors (Lipinski definition) is 7. The summed E-state index contributed by atoms with van der Waals surface area (Å²) in [6, 6.07) is 8.55. The maximum Gasteiger partial charge on any atom is 0.301 e. The Balaban J connectivity index is 1.37. The average molecular weight is 497 g/mol. The lowest BCUT2D eigenvalue weighted by Crippen LogP contribution is -2.44. The molecule has 3 heterocycles. The molecule has 33 heavy (non-hydrogen) atoms. The van der Waals surface area contributed by atoms with Crippen LogP contribution in [0, 0.1) is 5.92 Å². The zero-order chi connectivity index (χ0) is 23.4. The van der Waals surface area contributed by atoms with Gasteiger partial charge in [-0.25, -0.2) is 4.68 Å². The summed E-state index contributed by atoms with van der Waals surface area (Å²) in [7, 11) is -3.67. The predicted molar refractivity (Wildman–Crippen MR) is 128 cm³/mol. The van der Waals surface area contributed by atoms with Gasteiger partial charge in [0.15, 0.2) is 0 Å². The van der Waals surface area contributed by atoms with Crippen molar-refractivity contribution >= 4 is 33.2 Å². The molecule has 2 aliphatic heterocycles. The van der Waals surface area contributed by atoms with Gasteiger partial charge in [-0.3, -0.25) is 9.52 Å². The van der Waals surface area contributed by atoms with E-state index in [0.717, 1.165) is 6.42 Å². The third-order valence-electron chi connectivity index (χ3n) is 6.16. The fraction of sp³-hybridized carbons (Fsp3) is 0.524. The highest BCUT2D eigenvalue weighted by molar-refractivity contribution is 7.90. The van der Waals surface area contributed by atoms with Crippen LogP contribution in [0.5, 0.6) is 0 Å². The third kappa shape index (κ3) is 5.67. The monoisotopic (exact) mass is 496 g/mol. The van der Waals surface area contributed by atoms with Crippen LogP contribution >= 0.6 is 11.6 Å². The Morgan fingerprint density at radius 3 is 2.61 bits per heavy atom. The lowest BCUT2D eigenvalue weighted by Gasteiger charge is -2.31.